The first kappa shape index (κ1) is 27.4. The zero-order valence-corrected chi connectivity index (χ0v) is 22.7. The molecule has 0 spiro atoms. The van der Waals surface area contributed by atoms with E-state index in [2.05, 4.69) is 30.5 Å². The molecule has 2 fully saturated rings. The van der Waals surface area contributed by atoms with Crippen molar-refractivity contribution in [2.75, 3.05) is 20.8 Å². The van der Waals surface area contributed by atoms with Crippen LogP contribution >= 0.6 is 0 Å². The third-order valence-corrected chi connectivity index (χ3v) is 8.76. The van der Waals surface area contributed by atoms with Crippen LogP contribution in [-0.4, -0.2) is 57.2 Å². The lowest BCUT2D eigenvalue weighted by Gasteiger charge is -2.36. The molecule has 0 aromatic heterocycles. The first-order valence-corrected chi connectivity index (χ1v) is 14.2. The summed E-state index contributed by atoms with van der Waals surface area (Å²) in [6, 6.07) is 0. The third-order valence-electron chi connectivity index (χ3n) is 8.76. The highest BCUT2D eigenvalue weighted by molar-refractivity contribution is 5.88. The largest absolute Gasteiger partial charge is 0.487 e. The Morgan fingerprint density at radius 1 is 1.11 bits per heavy atom. The number of hydrogen-bond acceptors (Lipinski definition) is 5. The number of carbonyl (C=O) groups excluding carboxylic acids is 1. The topological polar surface area (TPSA) is 66.0 Å². The van der Waals surface area contributed by atoms with E-state index < -0.39 is 0 Å². The van der Waals surface area contributed by atoms with Crippen molar-refractivity contribution in [3.63, 3.8) is 0 Å². The first-order valence-electron chi connectivity index (χ1n) is 14.2. The quantitative estimate of drug-likeness (QED) is 0.317. The summed E-state index contributed by atoms with van der Waals surface area (Å²) in [7, 11) is 3.51. The SMILES string of the molecule is COC1CCC(CCNC(=O)/C=C(\C)C2=CC3CCCC(OC(C)C4C=CCCC4)C3O2)CC1OC. The van der Waals surface area contributed by atoms with Crippen LogP contribution in [0.25, 0.3) is 0 Å². The molecule has 6 nitrogen and oxygen atoms in total. The minimum Gasteiger partial charge on any atom is -0.487 e. The van der Waals surface area contributed by atoms with E-state index in [1.807, 2.05) is 6.92 Å². The average molecular weight is 502 g/mol. The van der Waals surface area contributed by atoms with Crippen LogP contribution in [0, 0.1) is 17.8 Å². The van der Waals surface area contributed by atoms with Gasteiger partial charge in [0, 0.05) is 38.7 Å². The number of nitrogens with one attached hydrogen (secondary N) is 1. The molecule has 0 aromatic rings. The summed E-state index contributed by atoms with van der Waals surface area (Å²) in [5, 5.41) is 3.08. The van der Waals surface area contributed by atoms with Crippen LogP contribution in [0.5, 0.6) is 0 Å². The lowest BCUT2D eigenvalue weighted by molar-refractivity contribution is -0.116. The fourth-order valence-electron chi connectivity index (χ4n) is 6.54. The van der Waals surface area contributed by atoms with Crippen molar-refractivity contribution in [2.24, 2.45) is 17.8 Å². The van der Waals surface area contributed by atoms with Crippen LogP contribution in [0.15, 0.2) is 35.6 Å². The van der Waals surface area contributed by atoms with Crippen molar-refractivity contribution in [1.29, 1.82) is 0 Å². The third kappa shape index (κ3) is 7.02. The van der Waals surface area contributed by atoms with Crippen molar-refractivity contribution < 1.29 is 23.7 Å². The molecule has 2 saturated carbocycles. The van der Waals surface area contributed by atoms with E-state index in [9.17, 15) is 4.79 Å². The van der Waals surface area contributed by atoms with Gasteiger partial charge in [0.05, 0.1) is 24.4 Å². The number of amides is 1. The van der Waals surface area contributed by atoms with E-state index in [1.165, 1.54) is 19.3 Å². The molecule has 6 heteroatoms. The smallest absolute Gasteiger partial charge is 0.244 e. The Balaban J connectivity index is 1.23. The molecule has 36 heavy (non-hydrogen) atoms. The Bertz CT molecular complexity index is 820. The van der Waals surface area contributed by atoms with Crippen molar-refractivity contribution in [3.8, 4) is 0 Å². The van der Waals surface area contributed by atoms with Crippen molar-refractivity contribution in [1.82, 2.24) is 5.32 Å². The fraction of sp³-hybridized carbons (Fsp3) is 0.767. The van der Waals surface area contributed by atoms with Crippen LogP contribution in [0.2, 0.25) is 0 Å². The molecule has 1 amide bonds. The van der Waals surface area contributed by atoms with Gasteiger partial charge in [-0.2, -0.15) is 0 Å². The zero-order valence-electron chi connectivity index (χ0n) is 22.7. The number of methoxy groups -OCH3 is 2. The normalized spacial score (nSPS) is 35.5. The summed E-state index contributed by atoms with van der Waals surface area (Å²) in [6.07, 6.45) is 20.3. The predicted molar refractivity (Wildman–Crippen MR) is 141 cm³/mol. The minimum atomic E-state index is -0.0498. The van der Waals surface area contributed by atoms with Crippen LogP contribution in [0.1, 0.15) is 78.1 Å². The summed E-state index contributed by atoms with van der Waals surface area (Å²) in [5.41, 5.74) is 0.893. The highest BCUT2D eigenvalue weighted by Gasteiger charge is 2.41. The summed E-state index contributed by atoms with van der Waals surface area (Å²) in [4.78, 5) is 12.6. The molecule has 202 valence electrons. The molecular weight excluding hydrogens is 454 g/mol. The van der Waals surface area contributed by atoms with Gasteiger partial charge in [-0.15, -0.1) is 0 Å². The van der Waals surface area contributed by atoms with Gasteiger partial charge in [0.2, 0.25) is 5.91 Å². The van der Waals surface area contributed by atoms with Crippen LogP contribution in [0.4, 0.5) is 0 Å². The maximum Gasteiger partial charge on any atom is 0.244 e. The molecule has 4 rings (SSSR count). The van der Waals surface area contributed by atoms with Crippen molar-refractivity contribution >= 4 is 5.91 Å². The molecule has 0 bridgehead atoms. The summed E-state index contributed by atoms with van der Waals surface area (Å²) >= 11 is 0. The number of carbonyl (C=O) groups is 1. The molecule has 1 heterocycles. The number of hydrogen-bond donors (Lipinski definition) is 1. The molecule has 8 unspecified atom stereocenters. The Morgan fingerprint density at radius 2 is 1.94 bits per heavy atom. The molecule has 0 saturated heterocycles. The highest BCUT2D eigenvalue weighted by atomic mass is 16.6. The molecule has 1 N–H and O–H groups in total. The van der Waals surface area contributed by atoms with Gasteiger partial charge >= 0.3 is 0 Å². The molecule has 0 aromatic carbocycles. The predicted octanol–water partition coefficient (Wildman–Crippen LogP) is 5.48. The number of ether oxygens (including phenoxy) is 4. The second kappa shape index (κ2) is 13.3. The maximum atomic E-state index is 12.6. The van der Waals surface area contributed by atoms with Gasteiger partial charge in [-0.05, 0) is 95.6 Å². The van der Waals surface area contributed by atoms with Crippen molar-refractivity contribution in [2.45, 2.75) is 109 Å². The summed E-state index contributed by atoms with van der Waals surface area (Å²) in [5.74, 6) is 2.23. The first-order chi connectivity index (χ1) is 17.5. The van der Waals surface area contributed by atoms with Gasteiger partial charge in [0.1, 0.15) is 11.9 Å². The molecule has 3 aliphatic carbocycles. The maximum absolute atomic E-state index is 12.6. The molecule has 1 aliphatic heterocycles. The van der Waals surface area contributed by atoms with Gasteiger partial charge < -0.3 is 24.3 Å². The summed E-state index contributed by atoms with van der Waals surface area (Å²) in [6.45, 7) is 4.86. The number of allylic oxidation sites excluding steroid dienone is 2. The molecule has 0 radical (unpaired) electrons. The van der Waals surface area contributed by atoms with E-state index in [0.717, 1.165) is 56.3 Å². The highest BCUT2D eigenvalue weighted by Crippen LogP contribution is 2.40. The standard InChI is InChI=1S/C30H47NO5/c1-20(17-29(32)31-16-15-22-13-14-25(33-3)28(18-22)34-4)27-19-24-11-8-12-26(30(24)36-27)35-21(2)23-9-6-5-7-10-23/h6,9,17,19,21-26,28,30H,5,7-8,10-16,18H2,1-4H3,(H,31,32)/b20-17+. The van der Waals surface area contributed by atoms with E-state index in [-0.39, 0.29) is 36.4 Å². The van der Waals surface area contributed by atoms with Crippen molar-refractivity contribution in [3.05, 3.63) is 35.6 Å². The number of fused-ring (bicyclic) bond motifs is 1. The monoisotopic (exact) mass is 501 g/mol. The van der Waals surface area contributed by atoms with Gasteiger partial charge in [-0.1, -0.05) is 12.2 Å². The molecular formula is C30H47NO5. The molecule has 8 atom stereocenters. The van der Waals surface area contributed by atoms with E-state index in [0.29, 0.717) is 24.3 Å². The Labute approximate surface area is 217 Å². The Hall–Kier alpha value is -1.63. The average Bonchev–Trinajstić information content (AvgIpc) is 3.35. The minimum absolute atomic E-state index is 0.0498. The second-order valence-electron chi connectivity index (χ2n) is 11.2. The van der Waals surface area contributed by atoms with Crippen LogP contribution in [0.3, 0.4) is 0 Å². The Morgan fingerprint density at radius 3 is 2.69 bits per heavy atom. The molecule has 4 aliphatic rings. The van der Waals surface area contributed by atoms with E-state index in [4.69, 9.17) is 18.9 Å². The summed E-state index contributed by atoms with van der Waals surface area (Å²) < 4.78 is 24.1. The van der Waals surface area contributed by atoms with Crippen LogP contribution in [-0.2, 0) is 23.7 Å². The lowest BCUT2D eigenvalue weighted by atomic mass is 9.83. The Kier molecular flexibility index (Phi) is 10.1. The zero-order chi connectivity index (χ0) is 25.5. The lowest BCUT2D eigenvalue weighted by Crippen LogP contribution is -2.41. The second-order valence-corrected chi connectivity index (χ2v) is 11.2. The van der Waals surface area contributed by atoms with E-state index in [1.54, 1.807) is 20.3 Å². The van der Waals surface area contributed by atoms with Gasteiger partial charge in [-0.3, -0.25) is 4.79 Å². The van der Waals surface area contributed by atoms with Gasteiger partial charge in [-0.25, -0.2) is 0 Å². The van der Waals surface area contributed by atoms with E-state index >= 15 is 0 Å². The van der Waals surface area contributed by atoms with Gasteiger partial charge in [0.25, 0.3) is 0 Å². The van der Waals surface area contributed by atoms with Crippen LogP contribution < -0.4 is 5.32 Å². The fourth-order valence-corrected chi connectivity index (χ4v) is 6.54. The number of rotatable bonds is 10. The van der Waals surface area contributed by atoms with Gasteiger partial charge in [0.15, 0.2) is 0 Å².